The molecule has 11 heteroatoms. The summed E-state index contributed by atoms with van der Waals surface area (Å²) in [7, 11) is 1.91. The summed E-state index contributed by atoms with van der Waals surface area (Å²) < 4.78 is 3.50. The molecule has 0 aliphatic heterocycles. The Morgan fingerprint density at radius 2 is 2.12 bits per heavy atom. The Bertz CT molecular complexity index is 1270. The van der Waals surface area contributed by atoms with Crippen LogP contribution in [0.2, 0.25) is 5.02 Å². The number of imidazole rings is 1. The first-order chi connectivity index (χ1) is 15.4. The number of benzene rings is 1. The van der Waals surface area contributed by atoms with E-state index in [-0.39, 0.29) is 18.5 Å². The van der Waals surface area contributed by atoms with Gasteiger partial charge in [-0.2, -0.15) is 14.8 Å². The lowest BCUT2D eigenvalue weighted by Gasteiger charge is -2.15. The number of halogens is 1. The van der Waals surface area contributed by atoms with Crippen LogP contribution in [0.15, 0.2) is 42.7 Å². The van der Waals surface area contributed by atoms with Gasteiger partial charge >= 0.3 is 0 Å². The number of nitrogens with zero attached hydrogens (tertiary/aromatic N) is 7. The Hall–Kier alpha value is -3.68. The van der Waals surface area contributed by atoms with Gasteiger partial charge in [0.15, 0.2) is 0 Å². The molecule has 32 heavy (non-hydrogen) atoms. The van der Waals surface area contributed by atoms with Crippen LogP contribution in [-0.4, -0.2) is 35.7 Å². The van der Waals surface area contributed by atoms with Gasteiger partial charge in [-0.25, -0.2) is 9.97 Å². The average Bonchev–Trinajstić information content (AvgIpc) is 3.37. The topological polar surface area (TPSA) is 135 Å². The van der Waals surface area contributed by atoms with E-state index in [0.29, 0.717) is 29.1 Å². The van der Waals surface area contributed by atoms with Gasteiger partial charge in [0.25, 0.3) is 5.78 Å². The monoisotopic (exact) mass is 450 g/mol. The number of nitrogens with one attached hydrogen (secondary N) is 2. The zero-order valence-electron chi connectivity index (χ0n) is 17.7. The molecule has 3 aromatic heterocycles. The molecule has 0 fully saturated rings. The molecule has 0 saturated carbocycles. The van der Waals surface area contributed by atoms with Gasteiger partial charge in [-0.3, -0.25) is 0 Å². The zero-order valence-corrected chi connectivity index (χ0v) is 18.5. The van der Waals surface area contributed by atoms with Crippen LogP contribution in [0.3, 0.4) is 0 Å². The third kappa shape index (κ3) is 4.64. The van der Waals surface area contributed by atoms with Crippen LogP contribution in [0, 0.1) is 18.3 Å². The number of aromatic nitrogens is 6. The number of hydrogen-bond acceptors (Lipinski definition) is 8. The Labute approximate surface area is 190 Å². The van der Waals surface area contributed by atoms with Crippen LogP contribution in [0.1, 0.15) is 35.6 Å². The van der Waals surface area contributed by atoms with Crippen molar-refractivity contribution in [3.63, 3.8) is 0 Å². The number of nitrogens with two attached hydrogens (primary N) is 1. The van der Waals surface area contributed by atoms with Gasteiger partial charge in [0.2, 0.25) is 5.95 Å². The van der Waals surface area contributed by atoms with Crippen LogP contribution >= 0.6 is 11.6 Å². The third-order valence-corrected chi connectivity index (χ3v) is 5.22. The SMILES string of the molecule is Cc1cc(NC[C@@H](N)c2nccn2C)n2nc(N[C@H](CC#N)c3cccc(Cl)c3)nc2n1. The minimum Gasteiger partial charge on any atom is -0.368 e. The number of anilines is 2. The average molecular weight is 451 g/mol. The maximum Gasteiger partial charge on any atom is 0.256 e. The molecule has 0 saturated heterocycles. The third-order valence-electron chi connectivity index (χ3n) is 4.98. The lowest BCUT2D eigenvalue weighted by atomic mass is 10.0. The number of fused-ring (bicyclic) bond motifs is 1. The fourth-order valence-corrected chi connectivity index (χ4v) is 3.64. The second-order valence-corrected chi connectivity index (χ2v) is 7.86. The van der Waals surface area contributed by atoms with Crippen LogP contribution in [0.25, 0.3) is 5.78 Å². The highest BCUT2D eigenvalue weighted by molar-refractivity contribution is 6.30. The number of hydrogen-bond donors (Lipinski definition) is 3. The molecule has 2 atom stereocenters. The van der Waals surface area contributed by atoms with Crippen molar-refractivity contribution in [1.82, 2.24) is 29.1 Å². The van der Waals surface area contributed by atoms with E-state index in [1.807, 2.05) is 49.0 Å². The highest BCUT2D eigenvalue weighted by atomic mass is 35.5. The van der Waals surface area contributed by atoms with Gasteiger partial charge < -0.3 is 20.9 Å². The van der Waals surface area contributed by atoms with E-state index in [1.165, 1.54) is 0 Å². The van der Waals surface area contributed by atoms with E-state index in [9.17, 15) is 5.26 Å². The van der Waals surface area contributed by atoms with Crippen molar-refractivity contribution in [2.24, 2.45) is 12.8 Å². The largest absolute Gasteiger partial charge is 0.368 e. The van der Waals surface area contributed by atoms with Gasteiger partial charge in [-0.15, -0.1) is 5.10 Å². The number of aryl methyl sites for hydroxylation is 2. The summed E-state index contributed by atoms with van der Waals surface area (Å²) >= 11 is 6.12. The summed E-state index contributed by atoms with van der Waals surface area (Å²) in [4.78, 5) is 13.3. The van der Waals surface area contributed by atoms with E-state index in [4.69, 9.17) is 17.3 Å². The summed E-state index contributed by atoms with van der Waals surface area (Å²) in [5.74, 6) is 2.28. The van der Waals surface area contributed by atoms with E-state index in [1.54, 1.807) is 16.8 Å². The van der Waals surface area contributed by atoms with Crippen molar-refractivity contribution < 1.29 is 0 Å². The summed E-state index contributed by atoms with van der Waals surface area (Å²) in [6.07, 6.45) is 3.81. The Morgan fingerprint density at radius 3 is 2.84 bits per heavy atom. The summed E-state index contributed by atoms with van der Waals surface area (Å²) in [6.45, 7) is 2.34. The minimum absolute atomic E-state index is 0.228. The molecule has 4 rings (SSSR count). The van der Waals surface area contributed by atoms with Crippen LogP contribution < -0.4 is 16.4 Å². The van der Waals surface area contributed by atoms with Gasteiger partial charge in [0.05, 0.1) is 24.6 Å². The molecule has 0 amide bonds. The zero-order chi connectivity index (χ0) is 22.7. The van der Waals surface area contributed by atoms with Gasteiger partial charge in [0.1, 0.15) is 11.6 Å². The predicted molar refractivity (Wildman–Crippen MR) is 122 cm³/mol. The standard InChI is InChI=1S/C21H23ClN10/c1-13-10-18(26-12-16(24)19-25-8-9-31(19)2)32-21(27-13)29-20(30-32)28-17(6-7-23)14-4-3-5-15(22)11-14/h3-5,8-11,16-17,26H,6,12,24H2,1-2H3,(H,28,30)/t16-,17-/m1/s1. The quantitative estimate of drug-likeness (QED) is 0.373. The molecular formula is C21H23ClN10. The van der Waals surface area contributed by atoms with Crippen molar-refractivity contribution in [3.8, 4) is 6.07 Å². The summed E-state index contributed by atoms with van der Waals surface area (Å²) in [5.41, 5.74) is 7.95. The highest BCUT2D eigenvalue weighted by Gasteiger charge is 2.17. The number of rotatable bonds is 8. The predicted octanol–water partition coefficient (Wildman–Crippen LogP) is 3.00. The molecule has 164 valence electrons. The van der Waals surface area contributed by atoms with Crippen LogP contribution in [0.5, 0.6) is 0 Å². The molecule has 4 aromatic rings. The Kier molecular flexibility index (Phi) is 6.20. The van der Waals surface area contributed by atoms with Crippen molar-refractivity contribution in [2.75, 3.05) is 17.2 Å². The van der Waals surface area contributed by atoms with Crippen LogP contribution in [-0.2, 0) is 7.05 Å². The highest BCUT2D eigenvalue weighted by Crippen LogP contribution is 2.24. The molecule has 10 nitrogen and oxygen atoms in total. The van der Waals surface area contributed by atoms with Crippen molar-refractivity contribution in [1.29, 1.82) is 5.26 Å². The Balaban J connectivity index is 1.58. The first-order valence-corrected chi connectivity index (χ1v) is 10.4. The van der Waals surface area contributed by atoms with Crippen LogP contribution in [0.4, 0.5) is 11.8 Å². The van der Waals surface area contributed by atoms with Crippen molar-refractivity contribution >= 4 is 29.1 Å². The van der Waals surface area contributed by atoms with E-state index in [0.717, 1.165) is 17.1 Å². The minimum atomic E-state index is -0.314. The van der Waals surface area contributed by atoms with Gasteiger partial charge in [-0.1, -0.05) is 23.7 Å². The molecule has 0 radical (unpaired) electrons. The molecule has 1 aromatic carbocycles. The second kappa shape index (κ2) is 9.21. The van der Waals surface area contributed by atoms with Gasteiger partial charge in [0, 0.05) is 42.8 Å². The molecule has 0 spiro atoms. The molecule has 0 unspecified atom stereocenters. The molecule has 0 aliphatic carbocycles. The number of nitriles is 1. The molecule has 4 N–H and O–H groups in total. The van der Waals surface area contributed by atoms with Crippen molar-refractivity contribution in [2.45, 2.75) is 25.4 Å². The van der Waals surface area contributed by atoms with Gasteiger partial charge in [-0.05, 0) is 24.6 Å². The molecule has 3 heterocycles. The molecule has 0 aliphatic rings. The molecular weight excluding hydrogens is 428 g/mol. The first kappa shape index (κ1) is 21.5. The normalized spacial score (nSPS) is 13.0. The lowest BCUT2D eigenvalue weighted by molar-refractivity contribution is 0.657. The maximum atomic E-state index is 9.28. The smallest absolute Gasteiger partial charge is 0.256 e. The van der Waals surface area contributed by atoms with Crippen molar-refractivity contribution in [3.05, 3.63) is 64.8 Å². The fraction of sp³-hybridized carbons (Fsp3) is 0.286. The first-order valence-electron chi connectivity index (χ1n) is 10.0. The second-order valence-electron chi connectivity index (χ2n) is 7.43. The lowest BCUT2D eigenvalue weighted by Crippen LogP contribution is -2.24. The fourth-order valence-electron chi connectivity index (χ4n) is 3.44. The summed E-state index contributed by atoms with van der Waals surface area (Å²) in [5, 5.41) is 21.0. The van der Waals surface area contributed by atoms with E-state index >= 15 is 0 Å². The molecule has 0 bridgehead atoms. The van der Waals surface area contributed by atoms with E-state index < -0.39 is 0 Å². The van der Waals surface area contributed by atoms with E-state index in [2.05, 4.69) is 36.8 Å². The summed E-state index contributed by atoms with van der Waals surface area (Å²) in [6, 6.07) is 10.8. The Morgan fingerprint density at radius 1 is 1.28 bits per heavy atom. The maximum absolute atomic E-state index is 9.28.